The summed E-state index contributed by atoms with van der Waals surface area (Å²) in [4.78, 5) is 26.4. The lowest BCUT2D eigenvalue weighted by Crippen LogP contribution is -2.27. The highest BCUT2D eigenvalue weighted by molar-refractivity contribution is 8.27. The van der Waals surface area contributed by atoms with Gasteiger partial charge < -0.3 is 14.8 Å². The van der Waals surface area contributed by atoms with Gasteiger partial charge in [0.2, 0.25) is 5.91 Å². The molecule has 1 heterocycles. The quantitative estimate of drug-likeness (QED) is 0.255. The smallest absolute Gasteiger partial charge is 0.270 e. The Morgan fingerprint density at radius 3 is 2.44 bits per heavy atom. The molecule has 0 aromatic heterocycles. The van der Waals surface area contributed by atoms with Crippen LogP contribution in [-0.2, 0) is 16.2 Å². The minimum absolute atomic E-state index is 0.163. The van der Waals surface area contributed by atoms with Gasteiger partial charge in [-0.2, -0.15) is 0 Å². The number of anilines is 2. The van der Waals surface area contributed by atoms with Crippen molar-refractivity contribution in [1.29, 1.82) is 0 Å². The Kier molecular flexibility index (Phi) is 8.30. The highest BCUT2D eigenvalue weighted by Gasteiger charge is 2.33. The van der Waals surface area contributed by atoms with Crippen molar-refractivity contribution in [3.63, 3.8) is 0 Å². The molecule has 184 valence electrons. The van der Waals surface area contributed by atoms with E-state index in [9.17, 15) is 9.59 Å². The lowest BCUT2D eigenvalue weighted by molar-refractivity contribution is -0.114. The average molecular weight is 539 g/mol. The van der Waals surface area contributed by atoms with Crippen LogP contribution < -0.4 is 19.7 Å². The summed E-state index contributed by atoms with van der Waals surface area (Å²) in [6, 6.07) is 20.0. The number of ether oxygens (including phenoxy) is 2. The van der Waals surface area contributed by atoms with Crippen molar-refractivity contribution in [3.05, 3.63) is 87.8 Å². The average Bonchev–Trinajstić information content (AvgIpc) is 3.12. The van der Waals surface area contributed by atoms with E-state index in [2.05, 4.69) is 5.32 Å². The molecule has 2 amide bonds. The summed E-state index contributed by atoms with van der Waals surface area (Å²) in [6.45, 7) is 4.18. The lowest BCUT2D eigenvalue weighted by atomic mass is 10.1. The Balaban J connectivity index is 1.51. The van der Waals surface area contributed by atoms with Gasteiger partial charge in [-0.15, -0.1) is 0 Å². The lowest BCUT2D eigenvalue weighted by Gasteiger charge is -2.15. The first-order valence-corrected chi connectivity index (χ1v) is 12.7. The molecule has 6 nitrogen and oxygen atoms in total. The number of hydrogen-bond donors (Lipinski definition) is 1. The monoisotopic (exact) mass is 538 g/mol. The van der Waals surface area contributed by atoms with Crippen LogP contribution in [0.25, 0.3) is 6.08 Å². The molecule has 0 saturated carbocycles. The molecule has 0 radical (unpaired) electrons. The van der Waals surface area contributed by atoms with Crippen molar-refractivity contribution in [2.45, 2.75) is 20.5 Å². The van der Waals surface area contributed by atoms with E-state index in [-0.39, 0.29) is 11.8 Å². The van der Waals surface area contributed by atoms with Gasteiger partial charge in [-0.05, 0) is 72.7 Å². The molecule has 1 aliphatic heterocycles. The summed E-state index contributed by atoms with van der Waals surface area (Å²) >= 11 is 12.7. The highest BCUT2D eigenvalue weighted by Crippen LogP contribution is 2.37. The maximum absolute atomic E-state index is 13.2. The van der Waals surface area contributed by atoms with Crippen molar-refractivity contribution in [3.8, 4) is 11.5 Å². The van der Waals surface area contributed by atoms with Gasteiger partial charge in [-0.25, -0.2) is 0 Å². The number of thiocarbonyl (C=S) groups is 1. The fraction of sp³-hybridized carbons (Fsp3) is 0.148. The fourth-order valence-electron chi connectivity index (χ4n) is 3.48. The summed E-state index contributed by atoms with van der Waals surface area (Å²) in [6.07, 6.45) is 1.79. The van der Waals surface area contributed by atoms with Gasteiger partial charge in [0, 0.05) is 17.6 Å². The molecule has 1 saturated heterocycles. The van der Waals surface area contributed by atoms with Crippen molar-refractivity contribution in [2.75, 3.05) is 16.8 Å². The Morgan fingerprint density at radius 1 is 1.06 bits per heavy atom. The van der Waals surface area contributed by atoms with E-state index in [1.807, 2.05) is 49.4 Å². The molecular formula is C27H23ClN2O4S2. The molecule has 1 aliphatic rings. The third kappa shape index (κ3) is 6.26. The number of nitrogens with zero attached hydrogens (tertiary/aromatic N) is 1. The van der Waals surface area contributed by atoms with Crippen LogP contribution in [0, 0.1) is 0 Å². The van der Waals surface area contributed by atoms with Crippen LogP contribution in [0.5, 0.6) is 11.5 Å². The summed E-state index contributed by atoms with van der Waals surface area (Å²) in [5.41, 5.74) is 3.06. The third-order valence-corrected chi connectivity index (χ3v) is 6.67. The number of halogens is 1. The number of carbonyl (C=O) groups is 2. The Morgan fingerprint density at radius 2 is 1.78 bits per heavy atom. The minimum atomic E-state index is -0.210. The number of thioether (sulfide) groups is 1. The van der Waals surface area contributed by atoms with E-state index in [1.54, 1.807) is 30.3 Å². The largest absolute Gasteiger partial charge is 0.490 e. The van der Waals surface area contributed by atoms with Crippen molar-refractivity contribution < 1.29 is 19.1 Å². The van der Waals surface area contributed by atoms with Crippen LogP contribution in [0.1, 0.15) is 25.0 Å². The molecule has 9 heteroatoms. The van der Waals surface area contributed by atoms with Crippen molar-refractivity contribution >= 4 is 69.2 Å². The van der Waals surface area contributed by atoms with Crippen LogP contribution in [0.3, 0.4) is 0 Å². The zero-order chi connectivity index (χ0) is 25.7. The molecule has 36 heavy (non-hydrogen) atoms. The number of hydrogen-bond acceptors (Lipinski definition) is 6. The first kappa shape index (κ1) is 25.8. The second-order valence-corrected chi connectivity index (χ2v) is 9.91. The van der Waals surface area contributed by atoms with Crippen molar-refractivity contribution in [1.82, 2.24) is 0 Å². The molecule has 0 bridgehead atoms. The standard InChI is InChI=1S/C27H23ClN2O4S2/c1-3-33-24-14-19(6-13-23(24)34-16-18-4-7-20(28)8-5-18)15-25-26(32)30(27(35)36-25)22-11-9-21(10-12-22)29-17(2)31/h4-15H,3,16H2,1-2H3,(H,29,31)/b25-15-. The van der Waals surface area contributed by atoms with Gasteiger partial charge in [0.05, 0.1) is 17.2 Å². The number of benzene rings is 3. The van der Waals surface area contributed by atoms with Gasteiger partial charge in [0.1, 0.15) is 6.61 Å². The number of nitrogens with one attached hydrogen (secondary N) is 1. The first-order chi connectivity index (χ1) is 17.3. The topological polar surface area (TPSA) is 67.9 Å². The molecule has 3 aromatic rings. The van der Waals surface area contributed by atoms with E-state index < -0.39 is 0 Å². The molecular weight excluding hydrogens is 516 g/mol. The summed E-state index contributed by atoms with van der Waals surface area (Å²) in [5, 5.41) is 3.38. The number of amides is 2. The van der Waals surface area contributed by atoms with E-state index >= 15 is 0 Å². The maximum atomic E-state index is 13.2. The van der Waals surface area contributed by atoms with Crippen LogP contribution in [0.15, 0.2) is 71.6 Å². The molecule has 0 aliphatic carbocycles. The van der Waals surface area contributed by atoms with Gasteiger partial charge in [-0.3, -0.25) is 14.5 Å². The molecule has 1 fully saturated rings. The number of carbonyl (C=O) groups excluding carboxylic acids is 2. The Labute approximate surface area is 224 Å². The first-order valence-electron chi connectivity index (χ1n) is 11.1. The maximum Gasteiger partial charge on any atom is 0.270 e. The van der Waals surface area contributed by atoms with Crippen LogP contribution in [0.4, 0.5) is 11.4 Å². The zero-order valence-electron chi connectivity index (χ0n) is 19.6. The normalized spacial score (nSPS) is 14.3. The zero-order valence-corrected chi connectivity index (χ0v) is 22.0. The minimum Gasteiger partial charge on any atom is -0.490 e. The second kappa shape index (κ2) is 11.6. The molecule has 1 N–H and O–H groups in total. The summed E-state index contributed by atoms with van der Waals surface area (Å²) in [7, 11) is 0. The highest BCUT2D eigenvalue weighted by atomic mass is 35.5. The van der Waals surface area contributed by atoms with Gasteiger partial charge in [-0.1, -0.05) is 53.8 Å². The van der Waals surface area contributed by atoms with Crippen LogP contribution >= 0.6 is 35.6 Å². The van der Waals surface area contributed by atoms with Crippen LogP contribution in [-0.4, -0.2) is 22.7 Å². The molecule has 0 unspecified atom stereocenters. The van der Waals surface area contributed by atoms with Gasteiger partial charge in [0.15, 0.2) is 15.8 Å². The number of rotatable bonds is 8. The Bertz CT molecular complexity index is 1320. The summed E-state index contributed by atoms with van der Waals surface area (Å²) in [5.74, 6) is 0.822. The van der Waals surface area contributed by atoms with E-state index in [0.717, 1.165) is 11.1 Å². The molecule has 0 spiro atoms. The predicted molar refractivity (Wildman–Crippen MR) is 150 cm³/mol. The fourth-order valence-corrected chi connectivity index (χ4v) is 4.91. The van der Waals surface area contributed by atoms with E-state index in [1.165, 1.54) is 23.6 Å². The van der Waals surface area contributed by atoms with Crippen molar-refractivity contribution in [2.24, 2.45) is 0 Å². The molecule has 0 atom stereocenters. The van der Waals surface area contributed by atoms with Gasteiger partial charge >= 0.3 is 0 Å². The molecule has 4 rings (SSSR count). The second-order valence-electron chi connectivity index (χ2n) is 7.80. The summed E-state index contributed by atoms with van der Waals surface area (Å²) < 4.78 is 12.2. The predicted octanol–water partition coefficient (Wildman–Crippen LogP) is 6.68. The SMILES string of the molecule is CCOc1cc(/C=C2\SC(=S)N(c3ccc(NC(C)=O)cc3)C2=O)ccc1OCc1ccc(Cl)cc1. The van der Waals surface area contributed by atoms with Crippen LogP contribution in [0.2, 0.25) is 5.02 Å². The Hall–Kier alpha value is -3.33. The van der Waals surface area contributed by atoms with Gasteiger partial charge in [0.25, 0.3) is 5.91 Å². The molecule has 3 aromatic carbocycles. The van der Waals surface area contributed by atoms with E-state index in [4.69, 9.17) is 33.3 Å². The third-order valence-electron chi connectivity index (χ3n) is 5.11. The van der Waals surface area contributed by atoms with E-state index in [0.29, 0.717) is 50.3 Å².